The van der Waals surface area contributed by atoms with Gasteiger partial charge in [0.25, 0.3) is 0 Å². The molecule has 0 fully saturated rings. The highest BCUT2D eigenvalue weighted by Gasteiger charge is 2.18. The summed E-state index contributed by atoms with van der Waals surface area (Å²) in [6, 6.07) is 19.9. The molecule has 0 N–H and O–H groups in total. The number of benzene rings is 3. The van der Waals surface area contributed by atoms with Gasteiger partial charge in [-0.1, -0.05) is 37.4 Å². The van der Waals surface area contributed by atoms with E-state index in [9.17, 15) is 18.0 Å². The lowest BCUT2D eigenvalue weighted by Gasteiger charge is -2.10. The van der Waals surface area contributed by atoms with Crippen LogP contribution in [0.1, 0.15) is 13.8 Å². The Morgan fingerprint density at radius 3 is 1.31 bits per heavy atom. The fraction of sp³-hybridized carbons (Fsp3) is 0.200. The van der Waals surface area contributed by atoms with Gasteiger partial charge >= 0.3 is 11.9 Å². The predicted molar refractivity (Wildman–Crippen MR) is 146 cm³/mol. The van der Waals surface area contributed by atoms with E-state index < -0.39 is 21.8 Å². The van der Waals surface area contributed by atoms with Gasteiger partial charge in [-0.25, -0.2) is 18.0 Å². The lowest BCUT2D eigenvalue weighted by atomic mass is 10.1. The zero-order chi connectivity index (χ0) is 28.4. The summed E-state index contributed by atoms with van der Waals surface area (Å²) >= 11 is 0. The molecule has 0 radical (unpaired) electrons. The number of rotatable bonds is 13. The van der Waals surface area contributed by atoms with Crippen LogP contribution >= 0.6 is 0 Å². The molecule has 0 aliphatic heterocycles. The minimum Gasteiger partial charge on any atom is -0.490 e. The molecule has 3 aromatic rings. The third-order valence-corrected chi connectivity index (χ3v) is 7.14. The van der Waals surface area contributed by atoms with E-state index in [1.807, 2.05) is 12.1 Å². The predicted octanol–water partition coefficient (Wildman–Crippen LogP) is 5.18. The normalized spacial score (nSPS) is 10.8. The van der Waals surface area contributed by atoms with Gasteiger partial charge in [-0.05, 0) is 73.5 Å². The molecule has 0 spiro atoms. The van der Waals surface area contributed by atoms with Crippen LogP contribution in [0, 0.1) is 0 Å². The fourth-order valence-corrected chi connectivity index (χ4v) is 4.52. The molecule has 0 saturated carbocycles. The van der Waals surface area contributed by atoms with E-state index in [1.54, 1.807) is 62.4 Å². The minimum absolute atomic E-state index is 0.0564. The Hall–Kier alpha value is -4.37. The molecule has 0 amide bonds. The summed E-state index contributed by atoms with van der Waals surface area (Å²) in [5.41, 5.74) is 2.36. The molecule has 8 nitrogen and oxygen atoms in total. The summed E-state index contributed by atoms with van der Waals surface area (Å²) < 4.78 is 47.2. The smallest absolute Gasteiger partial charge is 0.333 e. The van der Waals surface area contributed by atoms with Crippen LogP contribution in [0.5, 0.6) is 11.5 Å². The first-order valence-electron chi connectivity index (χ1n) is 12.0. The van der Waals surface area contributed by atoms with Crippen LogP contribution in [0.3, 0.4) is 0 Å². The highest BCUT2D eigenvalue weighted by molar-refractivity contribution is 7.91. The molecule has 9 heteroatoms. The van der Waals surface area contributed by atoms with E-state index in [-0.39, 0.29) is 36.2 Å². The van der Waals surface area contributed by atoms with Crippen molar-refractivity contribution < 1.29 is 37.0 Å². The quantitative estimate of drug-likeness (QED) is 0.163. The van der Waals surface area contributed by atoms with Gasteiger partial charge in [0, 0.05) is 11.1 Å². The Morgan fingerprint density at radius 1 is 0.590 bits per heavy atom. The maximum Gasteiger partial charge on any atom is 0.333 e. The van der Waals surface area contributed by atoms with Crippen LogP contribution in [-0.2, 0) is 28.9 Å². The molecule has 0 aromatic heterocycles. The molecule has 0 saturated heterocycles. The van der Waals surface area contributed by atoms with Crippen LogP contribution in [0.2, 0.25) is 0 Å². The number of esters is 2. The van der Waals surface area contributed by atoms with Crippen molar-refractivity contribution in [3.63, 3.8) is 0 Å². The Kier molecular flexibility index (Phi) is 10.1. The van der Waals surface area contributed by atoms with Crippen LogP contribution in [0.15, 0.2) is 107 Å². The van der Waals surface area contributed by atoms with Crippen LogP contribution < -0.4 is 9.47 Å². The van der Waals surface area contributed by atoms with E-state index in [0.717, 1.165) is 11.1 Å². The first kappa shape index (κ1) is 29.2. The summed E-state index contributed by atoms with van der Waals surface area (Å²) in [5.74, 6) is 0.120. The molecule has 0 aliphatic rings. The van der Waals surface area contributed by atoms with E-state index in [4.69, 9.17) is 18.9 Å². The molecule has 0 heterocycles. The highest BCUT2D eigenvalue weighted by atomic mass is 32.2. The van der Waals surface area contributed by atoms with Crippen LogP contribution in [-0.4, -0.2) is 46.8 Å². The summed E-state index contributed by atoms with van der Waals surface area (Å²) in [7, 11) is -3.73. The van der Waals surface area contributed by atoms with Crippen molar-refractivity contribution >= 4 is 21.8 Å². The first-order valence-corrected chi connectivity index (χ1v) is 13.5. The van der Waals surface area contributed by atoms with Crippen LogP contribution in [0.25, 0.3) is 11.1 Å². The summed E-state index contributed by atoms with van der Waals surface area (Å²) in [5, 5.41) is 0. The third-order valence-electron chi connectivity index (χ3n) is 5.35. The zero-order valence-corrected chi connectivity index (χ0v) is 22.7. The fourth-order valence-electron chi connectivity index (χ4n) is 3.26. The highest BCUT2D eigenvalue weighted by Crippen LogP contribution is 2.27. The van der Waals surface area contributed by atoms with E-state index in [2.05, 4.69) is 13.2 Å². The monoisotopic (exact) mass is 550 g/mol. The standard InChI is InChI=1S/C30H30O8S/c1-21(2)29(31)37-19-17-35-25-9-5-23(6-10-25)24-7-13-27(14-8-24)39(33,34)28-15-11-26(12-16-28)36-18-20-38-30(32)22(3)4/h5-16H,1,3,17-20H2,2,4H3. The van der Waals surface area contributed by atoms with Gasteiger partial charge < -0.3 is 18.9 Å². The number of sulfone groups is 1. The van der Waals surface area contributed by atoms with Crippen LogP contribution in [0.4, 0.5) is 0 Å². The molecule has 3 aromatic carbocycles. The van der Waals surface area contributed by atoms with Gasteiger partial charge in [-0.3, -0.25) is 0 Å². The molecule has 0 unspecified atom stereocenters. The molecular weight excluding hydrogens is 520 g/mol. The summed E-state index contributed by atoms with van der Waals surface area (Å²) in [6.45, 7) is 10.7. The lowest BCUT2D eigenvalue weighted by molar-refractivity contribution is -0.140. The maximum absolute atomic E-state index is 13.1. The summed E-state index contributed by atoms with van der Waals surface area (Å²) in [4.78, 5) is 23.0. The van der Waals surface area contributed by atoms with Crippen molar-refractivity contribution in [3.05, 3.63) is 97.1 Å². The number of hydrogen-bond donors (Lipinski definition) is 0. The van der Waals surface area contributed by atoms with Crippen molar-refractivity contribution in [3.8, 4) is 22.6 Å². The Balaban J connectivity index is 1.56. The van der Waals surface area contributed by atoms with E-state index in [0.29, 0.717) is 22.6 Å². The molecular formula is C30H30O8S. The Labute approximate surface area is 228 Å². The molecule has 0 bridgehead atoms. The number of ether oxygens (including phenoxy) is 4. The SMILES string of the molecule is C=C(C)C(=O)OCCOc1ccc(-c2ccc(S(=O)(=O)c3ccc(OCCOC(=O)C(=C)C)cc3)cc2)cc1. The van der Waals surface area contributed by atoms with Crippen molar-refractivity contribution in [2.75, 3.05) is 26.4 Å². The second-order valence-electron chi connectivity index (χ2n) is 8.55. The van der Waals surface area contributed by atoms with Crippen molar-refractivity contribution in [1.82, 2.24) is 0 Å². The molecule has 39 heavy (non-hydrogen) atoms. The second-order valence-corrected chi connectivity index (χ2v) is 10.5. The number of hydrogen-bond acceptors (Lipinski definition) is 8. The van der Waals surface area contributed by atoms with Gasteiger partial charge in [0.05, 0.1) is 9.79 Å². The van der Waals surface area contributed by atoms with E-state index >= 15 is 0 Å². The number of carbonyl (C=O) groups is 2. The van der Waals surface area contributed by atoms with E-state index in [1.165, 1.54) is 12.1 Å². The van der Waals surface area contributed by atoms with Crippen molar-refractivity contribution in [2.24, 2.45) is 0 Å². The maximum atomic E-state index is 13.1. The van der Waals surface area contributed by atoms with Crippen molar-refractivity contribution in [2.45, 2.75) is 23.6 Å². The average Bonchev–Trinajstić information content (AvgIpc) is 2.93. The van der Waals surface area contributed by atoms with Gasteiger partial charge in [-0.2, -0.15) is 0 Å². The third kappa shape index (κ3) is 8.31. The molecule has 3 rings (SSSR count). The minimum atomic E-state index is -3.73. The molecule has 0 aliphatic carbocycles. The zero-order valence-electron chi connectivity index (χ0n) is 21.8. The molecule has 0 atom stereocenters. The largest absolute Gasteiger partial charge is 0.490 e. The first-order chi connectivity index (χ1) is 18.6. The van der Waals surface area contributed by atoms with Gasteiger partial charge in [0.15, 0.2) is 0 Å². The van der Waals surface area contributed by atoms with Gasteiger partial charge in [0.2, 0.25) is 9.84 Å². The second kappa shape index (κ2) is 13.4. The average molecular weight is 551 g/mol. The lowest BCUT2D eigenvalue weighted by Crippen LogP contribution is -2.12. The topological polar surface area (TPSA) is 105 Å². The molecule has 204 valence electrons. The van der Waals surface area contributed by atoms with Gasteiger partial charge in [0.1, 0.15) is 37.9 Å². The Morgan fingerprint density at radius 2 is 0.923 bits per heavy atom. The van der Waals surface area contributed by atoms with Crippen molar-refractivity contribution in [1.29, 1.82) is 0 Å². The van der Waals surface area contributed by atoms with Gasteiger partial charge in [-0.15, -0.1) is 0 Å². The Bertz CT molecular complexity index is 1420. The summed E-state index contributed by atoms with van der Waals surface area (Å²) in [6.07, 6.45) is 0. The number of carbonyl (C=O) groups excluding carboxylic acids is 2.